The Balaban J connectivity index is 2.93. The molecule has 0 heterocycles. The van der Waals surface area contributed by atoms with Gasteiger partial charge in [0.1, 0.15) is 0 Å². The quantitative estimate of drug-likeness (QED) is 0.556. The van der Waals surface area contributed by atoms with E-state index < -0.39 is 0 Å². The van der Waals surface area contributed by atoms with Crippen LogP contribution in [0.4, 0.5) is 0 Å². The van der Waals surface area contributed by atoms with Gasteiger partial charge >= 0.3 is 5.97 Å². The first kappa shape index (κ1) is 11.2. The standard InChI is InChI=1S/C13H14O2/c1-3-6-11-7-4-5-8-12(11)9-10-13(14)15-2/h3-10H,1-2H3/b6-3+,10-9?. The van der Waals surface area contributed by atoms with Crippen LogP contribution in [-0.2, 0) is 9.53 Å². The number of carbonyl (C=O) groups excluding carboxylic acids is 1. The molecule has 0 amide bonds. The zero-order chi connectivity index (χ0) is 11.1. The van der Waals surface area contributed by atoms with Crippen LogP contribution in [-0.4, -0.2) is 13.1 Å². The Morgan fingerprint density at radius 1 is 1.20 bits per heavy atom. The van der Waals surface area contributed by atoms with Gasteiger partial charge in [0.25, 0.3) is 0 Å². The summed E-state index contributed by atoms with van der Waals surface area (Å²) in [6.45, 7) is 1.96. The Labute approximate surface area is 89.9 Å². The molecule has 0 unspecified atom stereocenters. The van der Waals surface area contributed by atoms with Crippen molar-refractivity contribution in [1.29, 1.82) is 0 Å². The number of hydrogen-bond donors (Lipinski definition) is 0. The molecule has 78 valence electrons. The minimum atomic E-state index is -0.342. The summed E-state index contributed by atoms with van der Waals surface area (Å²) in [6, 6.07) is 7.85. The fourth-order valence-electron chi connectivity index (χ4n) is 1.22. The monoisotopic (exact) mass is 202 g/mol. The van der Waals surface area contributed by atoms with Gasteiger partial charge in [0.05, 0.1) is 7.11 Å². The number of allylic oxidation sites excluding steroid dienone is 1. The topological polar surface area (TPSA) is 26.3 Å². The normalized spacial score (nSPS) is 11.1. The molecule has 0 saturated heterocycles. The number of benzene rings is 1. The van der Waals surface area contributed by atoms with Crippen LogP contribution < -0.4 is 0 Å². The Morgan fingerprint density at radius 2 is 1.80 bits per heavy atom. The third-order valence-electron chi connectivity index (χ3n) is 1.94. The number of ether oxygens (including phenoxy) is 1. The van der Waals surface area contributed by atoms with E-state index >= 15 is 0 Å². The lowest BCUT2D eigenvalue weighted by atomic mass is 10.1. The van der Waals surface area contributed by atoms with Crippen LogP contribution in [0.1, 0.15) is 18.1 Å². The van der Waals surface area contributed by atoms with E-state index in [9.17, 15) is 4.79 Å². The molecule has 2 nitrogen and oxygen atoms in total. The summed E-state index contributed by atoms with van der Waals surface area (Å²) in [4.78, 5) is 10.9. The summed E-state index contributed by atoms with van der Waals surface area (Å²) in [5.41, 5.74) is 2.08. The Morgan fingerprint density at radius 3 is 2.33 bits per heavy atom. The van der Waals surface area contributed by atoms with Crippen molar-refractivity contribution in [2.75, 3.05) is 7.11 Å². The summed E-state index contributed by atoms with van der Waals surface area (Å²) in [5.74, 6) is -0.342. The van der Waals surface area contributed by atoms with Crippen LogP contribution in [0.5, 0.6) is 0 Å². The van der Waals surface area contributed by atoms with Gasteiger partial charge in [-0.05, 0) is 24.1 Å². The van der Waals surface area contributed by atoms with Gasteiger partial charge in [0, 0.05) is 6.08 Å². The molecule has 1 rings (SSSR count). The van der Waals surface area contributed by atoms with Gasteiger partial charge < -0.3 is 4.74 Å². The lowest BCUT2D eigenvalue weighted by Crippen LogP contribution is -1.93. The van der Waals surface area contributed by atoms with Gasteiger partial charge in [-0.2, -0.15) is 0 Å². The van der Waals surface area contributed by atoms with Crippen molar-refractivity contribution < 1.29 is 9.53 Å². The minimum Gasteiger partial charge on any atom is -0.466 e. The minimum absolute atomic E-state index is 0.342. The average Bonchev–Trinajstić information content (AvgIpc) is 2.28. The molecular weight excluding hydrogens is 188 g/mol. The van der Waals surface area contributed by atoms with Gasteiger partial charge in [0.2, 0.25) is 0 Å². The molecule has 1 aromatic carbocycles. The number of hydrogen-bond acceptors (Lipinski definition) is 2. The maximum Gasteiger partial charge on any atom is 0.330 e. The summed E-state index contributed by atoms with van der Waals surface area (Å²) < 4.78 is 4.53. The first-order valence-electron chi connectivity index (χ1n) is 4.75. The van der Waals surface area contributed by atoms with Crippen molar-refractivity contribution >= 4 is 18.1 Å². The predicted octanol–water partition coefficient (Wildman–Crippen LogP) is 2.91. The second-order valence-corrected chi connectivity index (χ2v) is 2.99. The molecule has 0 fully saturated rings. The molecule has 0 aliphatic carbocycles. The average molecular weight is 202 g/mol. The molecule has 0 aromatic heterocycles. The van der Waals surface area contributed by atoms with Crippen molar-refractivity contribution in [2.45, 2.75) is 6.92 Å². The fourth-order valence-corrected chi connectivity index (χ4v) is 1.22. The van der Waals surface area contributed by atoms with Gasteiger partial charge in [-0.1, -0.05) is 36.4 Å². The summed E-state index contributed by atoms with van der Waals surface area (Å²) >= 11 is 0. The van der Waals surface area contributed by atoms with Crippen LogP contribution in [0, 0.1) is 0 Å². The highest BCUT2D eigenvalue weighted by Crippen LogP contribution is 2.12. The van der Waals surface area contributed by atoms with Crippen LogP contribution in [0.3, 0.4) is 0 Å². The molecule has 15 heavy (non-hydrogen) atoms. The Bertz CT molecular complexity index is 389. The van der Waals surface area contributed by atoms with E-state index in [1.807, 2.05) is 43.3 Å². The molecule has 1 aromatic rings. The first-order valence-corrected chi connectivity index (χ1v) is 4.75. The maximum atomic E-state index is 10.9. The van der Waals surface area contributed by atoms with Crippen LogP contribution in [0.15, 0.2) is 36.4 Å². The highest BCUT2D eigenvalue weighted by Gasteiger charge is 1.95. The fraction of sp³-hybridized carbons (Fsp3) is 0.154. The molecule has 0 aliphatic rings. The summed E-state index contributed by atoms with van der Waals surface area (Å²) in [7, 11) is 1.37. The lowest BCUT2D eigenvalue weighted by molar-refractivity contribution is -0.134. The van der Waals surface area contributed by atoms with Gasteiger partial charge in [-0.25, -0.2) is 4.79 Å². The van der Waals surface area contributed by atoms with Gasteiger partial charge in [0.15, 0.2) is 0 Å². The van der Waals surface area contributed by atoms with E-state index in [4.69, 9.17) is 0 Å². The van der Waals surface area contributed by atoms with Crippen LogP contribution in [0.2, 0.25) is 0 Å². The molecule has 0 aliphatic heterocycles. The molecule has 0 N–H and O–H groups in total. The highest BCUT2D eigenvalue weighted by molar-refractivity contribution is 5.87. The molecule has 0 saturated carbocycles. The highest BCUT2D eigenvalue weighted by atomic mass is 16.5. The van der Waals surface area contributed by atoms with E-state index in [0.717, 1.165) is 11.1 Å². The van der Waals surface area contributed by atoms with Crippen molar-refractivity contribution in [3.8, 4) is 0 Å². The summed E-state index contributed by atoms with van der Waals surface area (Å²) in [6.07, 6.45) is 7.13. The largest absolute Gasteiger partial charge is 0.466 e. The molecular formula is C13H14O2. The van der Waals surface area contributed by atoms with E-state index in [-0.39, 0.29) is 5.97 Å². The number of methoxy groups -OCH3 is 1. The van der Waals surface area contributed by atoms with E-state index in [2.05, 4.69) is 4.74 Å². The summed E-state index contributed by atoms with van der Waals surface area (Å²) in [5, 5.41) is 0. The Hall–Kier alpha value is -1.83. The smallest absolute Gasteiger partial charge is 0.330 e. The number of rotatable bonds is 3. The second kappa shape index (κ2) is 5.81. The van der Waals surface area contributed by atoms with E-state index in [1.54, 1.807) is 6.08 Å². The zero-order valence-electron chi connectivity index (χ0n) is 8.94. The second-order valence-electron chi connectivity index (χ2n) is 2.99. The molecule has 0 atom stereocenters. The van der Waals surface area contributed by atoms with Crippen LogP contribution >= 0.6 is 0 Å². The maximum absolute atomic E-state index is 10.9. The third kappa shape index (κ3) is 3.43. The van der Waals surface area contributed by atoms with Crippen molar-refractivity contribution in [3.63, 3.8) is 0 Å². The SMILES string of the molecule is C/C=C/c1ccccc1C=CC(=O)OC. The van der Waals surface area contributed by atoms with Gasteiger partial charge in [-0.3, -0.25) is 0 Å². The van der Waals surface area contributed by atoms with Crippen molar-refractivity contribution in [1.82, 2.24) is 0 Å². The van der Waals surface area contributed by atoms with Crippen molar-refractivity contribution in [3.05, 3.63) is 47.5 Å². The van der Waals surface area contributed by atoms with Gasteiger partial charge in [-0.15, -0.1) is 0 Å². The molecule has 0 bridgehead atoms. The zero-order valence-corrected chi connectivity index (χ0v) is 8.94. The molecule has 0 radical (unpaired) electrons. The first-order chi connectivity index (χ1) is 7.27. The third-order valence-corrected chi connectivity index (χ3v) is 1.94. The Kier molecular flexibility index (Phi) is 4.35. The van der Waals surface area contributed by atoms with Crippen LogP contribution in [0.25, 0.3) is 12.2 Å². The number of esters is 1. The molecule has 2 heteroatoms. The van der Waals surface area contributed by atoms with E-state index in [1.165, 1.54) is 13.2 Å². The molecule has 0 spiro atoms. The lowest BCUT2D eigenvalue weighted by Gasteiger charge is -1.99. The predicted molar refractivity (Wildman–Crippen MR) is 62.2 cm³/mol. The van der Waals surface area contributed by atoms with Crippen molar-refractivity contribution in [2.24, 2.45) is 0 Å². The number of carbonyl (C=O) groups is 1. The van der Waals surface area contributed by atoms with E-state index in [0.29, 0.717) is 0 Å².